The van der Waals surface area contributed by atoms with Gasteiger partial charge in [-0.1, -0.05) is 18.2 Å². The normalized spacial score (nSPS) is 14.2. The molecule has 33 heavy (non-hydrogen) atoms. The Labute approximate surface area is 189 Å². The lowest BCUT2D eigenvalue weighted by molar-refractivity contribution is 0.0697. The second-order valence-electron chi connectivity index (χ2n) is 8.01. The zero-order valence-corrected chi connectivity index (χ0v) is 18.0. The Morgan fingerprint density at radius 3 is 2.39 bits per heavy atom. The molecule has 2 heterocycles. The standard InChI is InChI=1S/C24H22FN5O3/c1-29-22(31)20(14-2-4-15(5-3-14)23(32)33)21(16-6-7-17(13-26)19(25)12-16)28-24(29)30-10-8-18(27)9-11-30/h2-7,12,18H,8-11,27H2,1H3,(H,32,33). The van der Waals surface area contributed by atoms with Crippen LogP contribution in [-0.4, -0.2) is 39.8 Å². The summed E-state index contributed by atoms with van der Waals surface area (Å²) in [5, 5.41) is 18.3. The average Bonchev–Trinajstić information content (AvgIpc) is 2.81. The van der Waals surface area contributed by atoms with Gasteiger partial charge < -0.3 is 15.7 Å². The van der Waals surface area contributed by atoms with Crippen molar-refractivity contribution in [3.8, 4) is 28.5 Å². The maximum Gasteiger partial charge on any atom is 0.335 e. The maximum atomic E-state index is 14.5. The molecule has 0 saturated carbocycles. The number of aromatic carboxylic acids is 1. The van der Waals surface area contributed by atoms with Gasteiger partial charge in [0.2, 0.25) is 5.95 Å². The lowest BCUT2D eigenvalue weighted by Crippen LogP contribution is -2.42. The molecule has 168 valence electrons. The van der Waals surface area contributed by atoms with Crippen LogP contribution in [0.25, 0.3) is 22.4 Å². The zero-order valence-electron chi connectivity index (χ0n) is 18.0. The van der Waals surface area contributed by atoms with Gasteiger partial charge in [-0.3, -0.25) is 9.36 Å². The fourth-order valence-corrected chi connectivity index (χ4v) is 3.97. The molecule has 1 aliphatic heterocycles. The quantitative estimate of drug-likeness (QED) is 0.630. The number of carboxylic acids is 1. The highest BCUT2D eigenvalue weighted by molar-refractivity contribution is 5.89. The Kier molecular flexibility index (Phi) is 5.94. The fourth-order valence-electron chi connectivity index (χ4n) is 3.97. The summed E-state index contributed by atoms with van der Waals surface area (Å²) in [5.74, 6) is -1.35. The third kappa shape index (κ3) is 4.21. The van der Waals surface area contributed by atoms with E-state index in [4.69, 9.17) is 16.0 Å². The molecular formula is C24H22FN5O3. The molecule has 0 aliphatic carbocycles. The first-order chi connectivity index (χ1) is 15.8. The summed E-state index contributed by atoms with van der Waals surface area (Å²) < 4.78 is 15.9. The van der Waals surface area contributed by atoms with Crippen LogP contribution in [0.1, 0.15) is 28.8 Å². The molecule has 8 nitrogen and oxygen atoms in total. The highest BCUT2D eigenvalue weighted by atomic mass is 19.1. The van der Waals surface area contributed by atoms with Crippen molar-refractivity contribution in [3.05, 3.63) is 69.8 Å². The molecule has 0 atom stereocenters. The Balaban J connectivity index is 1.94. The molecule has 0 spiro atoms. The fraction of sp³-hybridized carbons (Fsp3) is 0.250. The molecule has 0 radical (unpaired) electrons. The molecule has 0 unspecified atom stereocenters. The maximum absolute atomic E-state index is 14.5. The van der Waals surface area contributed by atoms with E-state index in [0.717, 1.165) is 12.8 Å². The van der Waals surface area contributed by atoms with Crippen LogP contribution in [-0.2, 0) is 7.05 Å². The largest absolute Gasteiger partial charge is 0.478 e. The van der Waals surface area contributed by atoms with E-state index in [1.807, 2.05) is 4.90 Å². The minimum atomic E-state index is -1.08. The summed E-state index contributed by atoms with van der Waals surface area (Å²) in [6, 6.07) is 11.8. The van der Waals surface area contributed by atoms with Crippen molar-refractivity contribution in [2.45, 2.75) is 18.9 Å². The minimum Gasteiger partial charge on any atom is -0.478 e. The molecule has 9 heteroatoms. The number of hydrogen-bond acceptors (Lipinski definition) is 6. The number of nitriles is 1. The predicted octanol–water partition coefficient (Wildman–Crippen LogP) is 2.75. The number of rotatable bonds is 4. The van der Waals surface area contributed by atoms with Gasteiger partial charge in [0.05, 0.1) is 22.4 Å². The number of piperidine rings is 1. The monoisotopic (exact) mass is 447 g/mol. The predicted molar refractivity (Wildman–Crippen MR) is 121 cm³/mol. The van der Waals surface area contributed by atoms with Crippen molar-refractivity contribution in [1.82, 2.24) is 9.55 Å². The highest BCUT2D eigenvalue weighted by Crippen LogP contribution is 2.31. The van der Waals surface area contributed by atoms with Crippen molar-refractivity contribution in [2.24, 2.45) is 12.8 Å². The van der Waals surface area contributed by atoms with Crippen molar-refractivity contribution >= 4 is 11.9 Å². The molecule has 0 amide bonds. The number of nitrogens with zero attached hydrogens (tertiary/aromatic N) is 4. The van der Waals surface area contributed by atoms with Gasteiger partial charge >= 0.3 is 5.97 Å². The number of halogens is 1. The first kappa shape index (κ1) is 22.2. The number of aromatic nitrogens is 2. The molecule has 3 N–H and O–H groups in total. The third-order valence-corrected chi connectivity index (χ3v) is 5.87. The van der Waals surface area contributed by atoms with Gasteiger partial charge in [0.25, 0.3) is 5.56 Å². The minimum absolute atomic E-state index is 0.0794. The van der Waals surface area contributed by atoms with Gasteiger partial charge in [0.15, 0.2) is 0 Å². The summed E-state index contributed by atoms with van der Waals surface area (Å²) in [6.07, 6.45) is 1.52. The SMILES string of the molecule is Cn1c(N2CCC(N)CC2)nc(-c2ccc(C#N)c(F)c2)c(-c2ccc(C(=O)O)cc2)c1=O. The lowest BCUT2D eigenvalue weighted by Gasteiger charge is -2.32. The lowest BCUT2D eigenvalue weighted by atomic mass is 9.98. The van der Waals surface area contributed by atoms with E-state index in [1.165, 1.54) is 41.0 Å². The van der Waals surface area contributed by atoms with Crippen molar-refractivity contribution < 1.29 is 14.3 Å². The molecule has 0 bridgehead atoms. The van der Waals surface area contributed by atoms with Gasteiger partial charge in [-0.05, 0) is 42.7 Å². The van der Waals surface area contributed by atoms with Crippen molar-refractivity contribution in [3.63, 3.8) is 0 Å². The van der Waals surface area contributed by atoms with Gasteiger partial charge in [0, 0.05) is 31.7 Å². The first-order valence-corrected chi connectivity index (χ1v) is 10.5. The third-order valence-electron chi connectivity index (χ3n) is 5.87. The average molecular weight is 447 g/mol. The summed E-state index contributed by atoms with van der Waals surface area (Å²) in [5.41, 5.74) is 6.91. The van der Waals surface area contributed by atoms with Crippen LogP contribution < -0.4 is 16.2 Å². The molecule has 3 aromatic rings. The van der Waals surface area contributed by atoms with E-state index in [0.29, 0.717) is 30.2 Å². The second-order valence-corrected chi connectivity index (χ2v) is 8.01. The van der Waals surface area contributed by atoms with E-state index in [2.05, 4.69) is 0 Å². The van der Waals surface area contributed by atoms with E-state index in [1.54, 1.807) is 19.2 Å². The Morgan fingerprint density at radius 2 is 1.82 bits per heavy atom. The summed E-state index contributed by atoms with van der Waals surface area (Å²) in [7, 11) is 1.62. The molecular weight excluding hydrogens is 425 g/mol. The van der Waals surface area contributed by atoms with E-state index in [-0.39, 0.29) is 34.0 Å². The molecule has 2 aromatic carbocycles. The highest BCUT2D eigenvalue weighted by Gasteiger charge is 2.24. The van der Waals surface area contributed by atoms with Crippen LogP contribution in [0, 0.1) is 17.1 Å². The Morgan fingerprint density at radius 1 is 1.18 bits per heavy atom. The van der Waals surface area contributed by atoms with Crippen LogP contribution in [0.5, 0.6) is 0 Å². The van der Waals surface area contributed by atoms with E-state index in [9.17, 15) is 19.1 Å². The summed E-state index contributed by atoms with van der Waals surface area (Å²) >= 11 is 0. The van der Waals surface area contributed by atoms with E-state index < -0.39 is 11.8 Å². The summed E-state index contributed by atoms with van der Waals surface area (Å²) in [4.78, 5) is 31.5. The van der Waals surface area contributed by atoms with Crippen LogP contribution in [0.15, 0.2) is 47.3 Å². The molecule has 1 fully saturated rings. The van der Waals surface area contributed by atoms with Gasteiger partial charge in [-0.2, -0.15) is 5.26 Å². The van der Waals surface area contributed by atoms with Crippen LogP contribution in [0.4, 0.5) is 10.3 Å². The van der Waals surface area contributed by atoms with Crippen molar-refractivity contribution in [1.29, 1.82) is 5.26 Å². The number of hydrogen-bond donors (Lipinski definition) is 2. The van der Waals surface area contributed by atoms with Crippen LogP contribution >= 0.6 is 0 Å². The molecule has 1 saturated heterocycles. The number of anilines is 1. The molecule has 1 aliphatic rings. The van der Waals surface area contributed by atoms with Gasteiger partial charge in [0.1, 0.15) is 11.9 Å². The zero-order chi connectivity index (χ0) is 23.7. The smallest absolute Gasteiger partial charge is 0.335 e. The Hall–Kier alpha value is -4.03. The summed E-state index contributed by atoms with van der Waals surface area (Å²) in [6.45, 7) is 1.27. The van der Waals surface area contributed by atoms with Crippen LogP contribution in [0.2, 0.25) is 0 Å². The molecule has 1 aromatic heterocycles. The van der Waals surface area contributed by atoms with E-state index >= 15 is 0 Å². The van der Waals surface area contributed by atoms with Gasteiger partial charge in [-0.15, -0.1) is 0 Å². The number of carboxylic acid groups (broad SMARTS) is 1. The van der Waals surface area contributed by atoms with Gasteiger partial charge in [-0.25, -0.2) is 14.2 Å². The second kappa shape index (κ2) is 8.84. The topological polar surface area (TPSA) is 125 Å². The molecule has 4 rings (SSSR count). The van der Waals surface area contributed by atoms with Crippen LogP contribution in [0.3, 0.4) is 0 Å². The van der Waals surface area contributed by atoms with Crippen molar-refractivity contribution in [2.75, 3.05) is 18.0 Å². The Bertz CT molecular complexity index is 1320. The first-order valence-electron chi connectivity index (χ1n) is 10.5. The number of benzene rings is 2. The number of nitrogens with two attached hydrogens (primary N) is 1. The number of carbonyl (C=O) groups is 1.